The van der Waals surface area contributed by atoms with Crippen LogP contribution in [0.5, 0.6) is 0 Å². The fourth-order valence-electron chi connectivity index (χ4n) is 3.73. The first kappa shape index (κ1) is 26.0. The van der Waals surface area contributed by atoms with Gasteiger partial charge < -0.3 is 10.7 Å². The van der Waals surface area contributed by atoms with Crippen molar-refractivity contribution in [1.29, 1.82) is 0 Å². The SMILES string of the molecule is NN=NCc1ccc(N2CCC(c3cc(C(F)(F)F)cc(C(F)(F)F)c3)(C(F)(F)F)C2)nc1Br. The zero-order chi connectivity index (χ0) is 25.5. The second-order valence-corrected chi connectivity index (χ2v) is 8.33. The van der Waals surface area contributed by atoms with E-state index in [1.54, 1.807) is 0 Å². The van der Waals surface area contributed by atoms with Gasteiger partial charge >= 0.3 is 18.5 Å². The first-order chi connectivity index (χ1) is 15.6. The van der Waals surface area contributed by atoms with Crippen LogP contribution in [-0.4, -0.2) is 24.2 Å². The van der Waals surface area contributed by atoms with Crippen molar-refractivity contribution >= 4 is 21.7 Å². The van der Waals surface area contributed by atoms with Gasteiger partial charge in [0.05, 0.1) is 17.7 Å². The summed E-state index contributed by atoms with van der Waals surface area (Å²) in [6, 6.07) is 2.93. The standard InChI is InChI=1S/C19H15BrF9N5/c20-15-10(8-31-33-30)1-2-14(32-15)34-4-3-16(9-34,19(27,28)29)11-5-12(17(21,22)23)7-13(6-11)18(24,25)26/h1-2,5-7H,3-4,8-9H2,(H2,30,31). The zero-order valence-electron chi connectivity index (χ0n) is 16.9. The molecular weight excluding hydrogens is 549 g/mol. The van der Waals surface area contributed by atoms with E-state index in [9.17, 15) is 39.5 Å². The minimum Gasteiger partial charge on any atom is -0.355 e. The molecular formula is C19H15BrF9N5. The van der Waals surface area contributed by atoms with E-state index >= 15 is 0 Å². The third-order valence-electron chi connectivity index (χ3n) is 5.51. The molecule has 186 valence electrons. The number of nitrogens with two attached hydrogens (primary N) is 1. The van der Waals surface area contributed by atoms with E-state index in [2.05, 4.69) is 31.3 Å². The maximum absolute atomic E-state index is 14.3. The van der Waals surface area contributed by atoms with Crippen molar-refractivity contribution in [3.8, 4) is 0 Å². The maximum Gasteiger partial charge on any atom is 0.416 e. The quantitative estimate of drug-likeness (QED) is 0.153. The smallest absolute Gasteiger partial charge is 0.355 e. The summed E-state index contributed by atoms with van der Waals surface area (Å²) in [7, 11) is 0. The largest absolute Gasteiger partial charge is 0.416 e. The van der Waals surface area contributed by atoms with Gasteiger partial charge in [-0.25, -0.2) is 4.98 Å². The first-order valence-electron chi connectivity index (χ1n) is 9.42. The first-order valence-corrected chi connectivity index (χ1v) is 10.2. The van der Waals surface area contributed by atoms with Crippen molar-refractivity contribution in [3.63, 3.8) is 0 Å². The third kappa shape index (κ3) is 5.08. The van der Waals surface area contributed by atoms with Gasteiger partial charge in [0.15, 0.2) is 0 Å². The number of rotatable bonds is 4. The van der Waals surface area contributed by atoms with Crippen molar-refractivity contribution in [2.75, 3.05) is 18.0 Å². The summed E-state index contributed by atoms with van der Waals surface area (Å²) in [5.41, 5.74) is -7.19. The average Bonchev–Trinajstić information content (AvgIpc) is 3.18. The molecule has 1 aromatic heterocycles. The molecule has 1 atom stereocenters. The van der Waals surface area contributed by atoms with E-state index in [0.717, 1.165) is 4.90 Å². The Hall–Kier alpha value is -2.58. The van der Waals surface area contributed by atoms with Crippen molar-refractivity contribution in [1.82, 2.24) is 4.98 Å². The van der Waals surface area contributed by atoms with Crippen LogP contribution in [0.4, 0.5) is 45.3 Å². The Kier molecular flexibility index (Phi) is 6.81. The van der Waals surface area contributed by atoms with Gasteiger partial charge in [-0.05, 0) is 52.2 Å². The highest BCUT2D eigenvalue weighted by Crippen LogP contribution is 2.50. The second-order valence-electron chi connectivity index (χ2n) is 7.58. The number of nitrogens with zero attached hydrogens (tertiary/aromatic N) is 4. The van der Waals surface area contributed by atoms with Gasteiger partial charge in [-0.2, -0.15) is 44.6 Å². The van der Waals surface area contributed by atoms with E-state index < -0.39 is 53.6 Å². The summed E-state index contributed by atoms with van der Waals surface area (Å²) in [5, 5.41) is 6.65. The molecule has 1 saturated heterocycles. The van der Waals surface area contributed by atoms with Gasteiger partial charge in [0.2, 0.25) is 0 Å². The average molecular weight is 564 g/mol. The number of hydrogen-bond acceptors (Lipinski definition) is 4. The summed E-state index contributed by atoms with van der Waals surface area (Å²) >= 11 is 3.15. The van der Waals surface area contributed by atoms with Gasteiger partial charge in [0.1, 0.15) is 15.8 Å². The van der Waals surface area contributed by atoms with E-state index in [1.807, 2.05) is 0 Å². The van der Waals surface area contributed by atoms with E-state index in [4.69, 9.17) is 5.84 Å². The third-order valence-corrected chi connectivity index (χ3v) is 6.20. The Balaban J connectivity index is 2.08. The summed E-state index contributed by atoms with van der Waals surface area (Å²) in [6.07, 6.45) is -16.5. The highest BCUT2D eigenvalue weighted by atomic mass is 79.9. The van der Waals surface area contributed by atoms with E-state index in [1.165, 1.54) is 12.1 Å². The Morgan fingerprint density at radius 3 is 2.03 bits per heavy atom. The molecule has 15 heteroatoms. The number of anilines is 1. The Bertz CT molecular complexity index is 1050. The predicted molar refractivity (Wildman–Crippen MR) is 106 cm³/mol. The maximum atomic E-state index is 14.3. The molecule has 1 aliphatic heterocycles. The van der Waals surface area contributed by atoms with Crippen LogP contribution in [-0.2, 0) is 24.3 Å². The summed E-state index contributed by atoms with van der Waals surface area (Å²) < 4.78 is 123. The molecule has 0 aliphatic carbocycles. The summed E-state index contributed by atoms with van der Waals surface area (Å²) in [4.78, 5) is 5.29. The molecule has 1 unspecified atom stereocenters. The molecule has 1 fully saturated rings. The van der Waals surface area contributed by atoms with Crippen LogP contribution in [0.15, 0.2) is 45.3 Å². The van der Waals surface area contributed by atoms with Crippen LogP contribution in [0.1, 0.15) is 28.7 Å². The molecule has 1 aliphatic rings. The van der Waals surface area contributed by atoms with E-state index in [-0.39, 0.29) is 41.7 Å². The van der Waals surface area contributed by atoms with Gasteiger partial charge in [-0.1, -0.05) is 11.3 Å². The normalized spacial score (nSPS) is 19.9. The summed E-state index contributed by atoms with van der Waals surface area (Å²) in [6.45, 7) is -1.20. The van der Waals surface area contributed by atoms with Gasteiger partial charge in [0.25, 0.3) is 0 Å². The van der Waals surface area contributed by atoms with Crippen LogP contribution >= 0.6 is 15.9 Å². The van der Waals surface area contributed by atoms with Gasteiger partial charge in [0, 0.05) is 18.7 Å². The molecule has 2 aromatic rings. The molecule has 2 heterocycles. The lowest BCUT2D eigenvalue weighted by Crippen LogP contribution is -2.45. The number of halogens is 10. The van der Waals surface area contributed by atoms with Crippen LogP contribution in [0.25, 0.3) is 0 Å². The number of benzene rings is 1. The van der Waals surface area contributed by atoms with Crippen molar-refractivity contribution in [2.24, 2.45) is 16.2 Å². The van der Waals surface area contributed by atoms with Crippen LogP contribution in [0, 0.1) is 0 Å². The monoisotopic (exact) mass is 563 g/mol. The number of alkyl halides is 9. The summed E-state index contributed by atoms with van der Waals surface area (Å²) in [5.74, 6) is 4.97. The fraction of sp³-hybridized carbons (Fsp3) is 0.421. The minimum absolute atomic E-state index is 0.0291. The van der Waals surface area contributed by atoms with Crippen LogP contribution in [0.3, 0.4) is 0 Å². The Morgan fingerprint density at radius 1 is 0.971 bits per heavy atom. The van der Waals surface area contributed by atoms with Crippen LogP contribution in [0.2, 0.25) is 0 Å². The van der Waals surface area contributed by atoms with E-state index in [0.29, 0.717) is 5.56 Å². The molecule has 0 spiro atoms. The lowest BCUT2D eigenvalue weighted by atomic mass is 9.77. The zero-order valence-corrected chi connectivity index (χ0v) is 18.4. The number of aromatic nitrogens is 1. The number of pyridine rings is 1. The van der Waals surface area contributed by atoms with Gasteiger partial charge in [-0.15, -0.1) is 0 Å². The highest BCUT2D eigenvalue weighted by Gasteiger charge is 2.60. The molecule has 0 saturated carbocycles. The van der Waals surface area contributed by atoms with Crippen LogP contribution < -0.4 is 10.7 Å². The topological polar surface area (TPSA) is 66.9 Å². The Labute approximate surface area is 194 Å². The Morgan fingerprint density at radius 2 is 1.56 bits per heavy atom. The molecule has 2 N–H and O–H groups in total. The molecule has 0 radical (unpaired) electrons. The lowest BCUT2D eigenvalue weighted by molar-refractivity contribution is -0.185. The molecule has 5 nitrogen and oxygen atoms in total. The molecule has 3 rings (SSSR count). The van der Waals surface area contributed by atoms with Crippen molar-refractivity contribution < 1.29 is 39.5 Å². The molecule has 1 aromatic carbocycles. The molecule has 0 amide bonds. The van der Waals surface area contributed by atoms with Gasteiger partial charge in [-0.3, -0.25) is 0 Å². The fourth-order valence-corrected chi connectivity index (χ4v) is 4.17. The highest BCUT2D eigenvalue weighted by molar-refractivity contribution is 9.10. The van der Waals surface area contributed by atoms with Crippen molar-refractivity contribution in [3.05, 3.63) is 57.2 Å². The van der Waals surface area contributed by atoms with Crippen molar-refractivity contribution in [2.45, 2.75) is 36.9 Å². The minimum atomic E-state index is -5.27. The number of hydrogen-bond donors (Lipinski definition) is 1. The molecule has 0 bridgehead atoms. The second kappa shape index (κ2) is 8.89. The molecule has 34 heavy (non-hydrogen) atoms. The predicted octanol–water partition coefficient (Wildman–Crippen LogP) is 6.42. The lowest BCUT2D eigenvalue weighted by Gasteiger charge is -2.33.